The first-order valence-electron chi connectivity index (χ1n) is 7.90. The number of primary amides is 1. The molecule has 120 valence electrons. The number of aromatic nitrogens is 1. The Hall–Kier alpha value is -2.44. The van der Waals surface area contributed by atoms with Gasteiger partial charge in [-0.3, -0.25) is 19.7 Å². The van der Waals surface area contributed by atoms with Gasteiger partial charge in [-0.05, 0) is 37.3 Å². The van der Waals surface area contributed by atoms with Crippen LogP contribution in [0.2, 0.25) is 0 Å². The molecule has 4 rings (SSSR count). The number of pyridine rings is 1. The number of imide groups is 1. The van der Waals surface area contributed by atoms with Gasteiger partial charge in [0.05, 0.1) is 11.0 Å². The minimum absolute atomic E-state index is 0.208. The van der Waals surface area contributed by atoms with Crippen LogP contribution in [-0.4, -0.2) is 35.8 Å². The predicted molar refractivity (Wildman–Crippen MR) is 81.8 cm³/mol. The average molecular weight is 314 g/mol. The molecule has 0 radical (unpaired) electrons. The van der Waals surface area contributed by atoms with Gasteiger partial charge in [0, 0.05) is 25.2 Å². The number of anilines is 1. The zero-order chi connectivity index (χ0) is 16.2. The van der Waals surface area contributed by atoms with E-state index in [2.05, 4.69) is 10.3 Å². The number of aryl methyl sites for hydroxylation is 2. The van der Waals surface area contributed by atoms with Gasteiger partial charge < -0.3 is 10.6 Å². The summed E-state index contributed by atoms with van der Waals surface area (Å²) in [5.41, 5.74) is 7.35. The van der Waals surface area contributed by atoms with Crippen LogP contribution in [0.4, 0.5) is 5.82 Å². The monoisotopic (exact) mass is 314 g/mol. The fourth-order valence-electron chi connectivity index (χ4n) is 3.96. The zero-order valence-corrected chi connectivity index (χ0v) is 12.7. The van der Waals surface area contributed by atoms with Crippen molar-refractivity contribution in [1.29, 1.82) is 0 Å². The van der Waals surface area contributed by atoms with E-state index >= 15 is 0 Å². The fraction of sp³-hybridized carbons (Fsp3) is 0.500. The summed E-state index contributed by atoms with van der Waals surface area (Å²) in [5, 5.41) is 2.38. The number of amides is 3. The van der Waals surface area contributed by atoms with Crippen molar-refractivity contribution >= 4 is 23.5 Å². The van der Waals surface area contributed by atoms with Crippen LogP contribution in [0.25, 0.3) is 0 Å². The summed E-state index contributed by atoms with van der Waals surface area (Å²) in [5.74, 6) is -0.391. The van der Waals surface area contributed by atoms with Gasteiger partial charge in [-0.15, -0.1) is 0 Å². The number of hydrogen-bond acceptors (Lipinski definition) is 5. The third-order valence-electron chi connectivity index (χ3n) is 5.18. The average Bonchev–Trinajstić information content (AvgIpc) is 3.17. The molecule has 2 aliphatic heterocycles. The van der Waals surface area contributed by atoms with Gasteiger partial charge in [0.25, 0.3) is 5.91 Å². The van der Waals surface area contributed by atoms with Crippen LogP contribution in [0.15, 0.2) is 6.07 Å². The van der Waals surface area contributed by atoms with Crippen molar-refractivity contribution in [3.63, 3.8) is 0 Å². The Balaban J connectivity index is 1.70. The van der Waals surface area contributed by atoms with Crippen molar-refractivity contribution < 1.29 is 14.4 Å². The van der Waals surface area contributed by atoms with Crippen LogP contribution in [0.3, 0.4) is 0 Å². The summed E-state index contributed by atoms with van der Waals surface area (Å²) in [6, 6.07) is 1.85. The highest BCUT2D eigenvalue weighted by Crippen LogP contribution is 2.40. The van der Waals surface area contributed by atoms with E-state index < -0.39 is 11.3 Å². The second kappa shape index (κ2) is 4.78. The Morgan fingerprint density at radius 2 is 2.17 bits per heavy atom. The van der Waals surface area contributed by atoms with Gasteiger partial charge in [-0.1, -0.05) is 0 Å². The summed E-state index contributed by atoms with van der Waals surface area (Å²) in [4.78, 5) is 42.1. The normalized spacial score (nSPS) is 26.0. The van der Waals surface area contributed by atoms with E-state index in [-0.39, 0.29) is 18.2 Å². The Labute approximate surface area is 133 Å². The molecule has 3 N–H and O–H groups in total. The number of carbonyl (C=O) groups excluding carboxylic acids is 3. The van der Waals surface area contributed by atoms with Crippen molar-refractivity contribution in [3.05, 3.63) is 22.9 Å². The predicted octanol–water partition coefficient (Wildman–Crippen LogP) is -0.0878. The number of nitrogens with zero attached hydrogens (tertiary/aromatic N) is 2. The molecule has 2 fully saturated rings. The number of hydrogen-bond donors (Lipinski definition) is 2. The second-order valence-electron chi connectivity index (χ2n) is 6.69. The Morgan fingerprint density at radius 1 is 1.35 bits per heavy atom. The van der Waals surface area contributed by atoms with E-state index in [9.17, 15) is 14.4 Å². The first-order valence-corrected chi connectivity index (χ1v) is 7.90. The molecule has 0 saturated carbocycles. The smallest absolute Gasteiger partial charge is 0.252 e. The van der Waals surface area contributed by atoms with Crippen LogP contribution >= 0.6 is 0 Å². The third kappa shape index (κ3) is 2.10. The Kier molecular flexibility index (Phi) is 2.94. The van der Waals surface area contributed by atoms with E-state index in [4.69, 9.17) is 5.73 Å². The Bertz CT molecular complexity index is 745. The van der Waals surface area contributed by atoms with Crippen molar-refractivity contribution in [2.45, 2.75) is 32.1 Å². The van der Waals surface area contributed by atoms with Crippen molar-refractivity contribution in [2.24, 2.45) is 11.1 Å². The number of carbonyl (C=O) groups is 3. The fourth-order valence-corrected chi connectivity index (χ4v) is 3.96. The molecule has 1 aromatic rings. The number of nitrogens with one attached hydrogen (secondary N) is 1. The summed E-state index contributed by atoms with van der Waals surface area (Å²) in [6.45, 7) is 0.989. The molecule has 0 unspecified atom stereocenters. The van der Waals surface area contributed by atoms with Gasteiger partial charge in [-0.25, -0.2) is 4.98 Å². The van der Waals surface area contributed by atoms with Gasteiger partial charge in [0.15, 0.2) is 0 Å². The first kappa shape index (κ1) is 14.2. The summed E-state index contributed by atoms with van der Waals surface area (Å²) in [6.07, 6.45) is 3.65. The standard InChI is InChI=1S/C16H18N4O3/c17-13(22)10-6-9-2-1-3-11(9)18-14(10)20-5-4-16(8-20)7-12(21)19-15(16)23/h6H,1-5,7-8H2,(H2,17,22)(H,19,21,23)/t16-/m1/s1. The maximum atomic E-state index is 12.1. The molecule has 1 atom stereocenters. The van der Waals surface area contributed by atoms with Gasteiger partial charge >= 0.3 is 0 Å². The van der Waals surface area contributed by atoms with Crippen molar-refractivity contribution in [1.82, 2.24) is 10.3 Å². The first-order chi connectivity index (χ1) is 11.0. The topological polar surface area (TPSA) is 105 Å². The molecular weight excluding hydrogens is 296 g/mol. The summed E-state index contributed by atoms with van der Waals surface area (Å²) < 4.78 is 0. The number of fused-ring (bicyclic) bond motifs is 1. The molecule has 1 aliphatic carbocycles. The number of rotatable bonds is 2. The van der Waals surface area contributed by atoms with Crippen LogP contribution in [-0.2, 0) is 22.4 Å². The van der Waals surface area contributed by atoms with Crippen molar-refractivity contribution in [2.75, 3.05) is 18.0 Å². The maximum absolute atomic E-state index is 12.1. The van der Waals surface area contributed by atoms with Gasteiger partial charge in [0.1, 0.15) is 5.82 Å². The van der Waals surface area contributed by atoms with E-state index in [0.29, 0.717) is 30.9 Å². The highest BCUT2D eigenvalue weighted by molar-refractivity contribution is 6.06. The SMILES string of the molecule is NC(=O)c1cc2c(nc1N1CC[C@@]3(CC(=O)NC3=O)C1)CCC2. The lowest BCUT2D eigenvalue weighted by Crippen LogP contribution is -2.35. The molecule has 23 heavy (non-hydrogen) atoms. The van der Waals surface area contributed by atoms with Crippen molar-refractivity contribution in [3.8, 4) is 0 Å². The quantitative estimate of drug-likeness (QED) is 0.742. The van der Waals surface area contributed by atoms with Crippen LogP contribution < -0.4 is 16.0 Å². The lowest BCUT2D eigenvalue weighted by atomic mass is 9.85. The van der Waals surface area contributed by atoms with E-state index in [1.54, 1.807) is 0 Å². The van der Waals surface area contributed by atoms with Crippen LogP contribution in [0.5, 0.6) is 0 Å². The maximum Gasteiger partial charge on any atom is 0.252 e. The zero-order valence-electron chi connectivity index (χ0n) is 12.7. The molecule has 3 heterocycles. The van der Waals surface area contributed by atoms with Gasteiger partial charge in [0.2, 0.25) is 11.8 Å². The molecule has 3 aliphatic rings. The lowest BCUT2D eigenvalue weighted by molar-refractivity contribution is -0.127. The molecule has 7 nitrogen and oxygen atoms in total. The molecule has 0 aromatic carbocycles. The van der Waals surface area contributed by atoms with E-state index in [1.807, 2.05) is 11.0 Å². The molecular formula is C16H18N4O3. The van der Waals surface area contributed by atoms with Crippen LogP contribution in [0, 0.1) is 5.41 Å². The highest BCUT2D eigenvalue weighted by atomic mass is 16.2. The highest BCUT2D eigenvalue weighted by Gasteiger charge is 2.51. The Morgan fingerprint density at radius 3 is 2.87 bits per heavy atom. The molecule has 1 aromatic heterocycles. The third-order valence-corrected chi connectivity index (χ3v) is 5.18. The molecule has 7 heteroatoms. The molecule has 2 saturated heterocycles. The molecule has 0 bridgehead atoms. The van der Waals surface area contributed by atoms with E-state index in [1.165, 1.54) is 0 Å². The second-order valence-corrected chi connectivity index (χ2v) is 6.69. The summed E-state index contributed by atoms with van der Waals surface area (Å²) in [7, 11) is 0. The minimum Gasteiger partial charge on any atom is -0.365 e. The van der Waals surface area contributed by atoms with E-state index in [0.717, 1.165) is 30.5 Å². The summed E-state index contributed by atoms with van der Waals surface area (Å²) >= 11 is 0. The molecule has 3 amide bonds. The van der Waals surface area contributed by atoms with Crippen LogP contribution in [0.1, 0.15) is 40.9 Å². The largest absolute Gasteiger partial charge is 0.365 e. The van der Waals surface area contributed by atoms with Gasteiger partial charge in [-0.2, -0.15) is 0 Å². The molecule has 1 spiro atoms. The lowest BCUT2D eigenvalue weighted by Gasteiger charge is -2.23. The number of nitrogens with two attached hydrogens (primary N) is 1. The minimum atomic E-state index is -0.688.